The van der Waals surface area contributed by atoms with Gasteiger partial charge >= 0.3 is 0 Å². The molecule has 1 aliphatic rings. The summed E-state index contributed by atoms with van der Waals surface area (Å²) >= 11 is 0. The third-order valence-electron chi connectivity index (χ3n) is 2.57. The highest BCUT2D eigenvalue weighted by Gasteiger charge is 2.26. The Kier molecular flexibility index (Phi) is 2.60. The average molecular weight is 178 g/mol. The number of benzene rings is 1. The first-order valence-electron chi connectivity index (χ1n) is 4.70. The van der Waals surface area contributed by atoms with Gasteiger partial charge in [0.1, 0.15) is 6.17 Å². The molecule has 0 aromatic heterocycles. The monoisotopic (exact) mass is 178 g/mol. The molecule has 0 bridgehead atoms. The van der Waals surface area contributed by atoms with E-state index in [9.17, 15) is 4.39 Å². The molecule has 0 amide bonds. The van der Waals surface area contributed by atoms with E-state index >= 15 is 0 Å². The third-order valence-corrected chi connectivity index (χ3v) is 2.57. The highest BCUT2D eigenvalue weighted by atomic mass is 19.1. The fourth-order valence-corrected chi connectivity index (χ4v) is 1.83. The number of nitrogens with zero attached hydrogens (tertiary/aromatic N) is 1. The lowest BCUT2D eigenvalue weighted by Crippen LogP contribution is -2.32. The van der Waals surface area contributed by atoms with Gasteiger partial charge in [-0.15, -0.1) is 0 Å². The van der Waals surface area contributed by atoms with E-state index in [2.05, 4.69) is 5.32 Å². The summed E-state index contributed by atoms with van der Waals surface area (Å²) in [5.41, 5.74) is 1.12. The van der Waals surface area contributed by atoms with Crippen molar-refractivity contribution >= 4 is 0 Å². The number of hydrogen-bond acceptors (Lipinski definition) is 0. The van der Waals surface area contributed by atoms with Crippen LogP contribution in [0.15, 0.2) is 30.3 Å². The van der Waals surface area contributed by atoms with Crippen LogP contribution in [0, 0.1) is 0 Å². The van der Waals surface area contributed by atoms with E-state index < -0.39 is 6.17 Å². The maximum Gasteiger partial charge on any atom is 0.121 e. The second kappa shape index (κ2) is 3.88. The van der Waals surface area contributed by atoms with Gasteiger partial charge in [0.15, 0.2) is 0 Å². The molecule has 0 spiro atoms. The molecule has 1 heterocycles. The van der Waals surface area contributed by atoms with Gasteiger partial charge in [-0.25, -0.2) is 9.71 Å². The zero-order valence-corrected chi connectivity index (χ0v) is 7.49. The molecule has 0 aliphatic carbocycles. The molecule has 2 heteroatoms. The van der Waals surface area contributed by atoms with Crippen LogP contribution in [0.2, 0.25) is 0 Å². The third kappa shape index (κ3) is 1.89. The summed E-state index contributed by atoms with van der Waals surface area (Å²) in [6.45, 7) is 1.18. The van der Waals surface area contributed by atoms with E-state index in [4.69, 9.17) is 0 Å². The summed E-state index contributed by atoms with van der Waals surface area (Å²) in [6, 6.07) is 9.90. The lowest BCUT2D eigenvalue weighted by molar-refractivity contribution is 0.228. The smallest absolute Gasteiger partial charge is 0.121 e. The first-order valence-corrected chi connectivity index (χ1v) is 4.70. The normalized spacial score (nSPS) is 28.7. The molecule has 1 saturated heterocycles. The average Bonchev–Trinajstić information content (AvgIpc) is 2.20. The molecule has 13 heavy (non-hydrogen) atoms. The van der Waals surface area contributed by atoms with Crippen molar-refractivity contribution < 1.29 is 4.39 Å². The van der Waals surface area contributed by atoms with Crippen molar-refractivity contribution in [1.82, 2.24) is 5.32 Å². The molecule has 0 saturated carbocycles. The van der Waals surface area contributed by atoms with Gasteiger partial charge in [-0.3, -0.25) is 0 Å². The topological polar surface area (TPSA) is 14.1 Å². The fraction of sp³-hybridized carbons (Fsp3) is 0.455. The Hall–Kier alpha value is -0.890. The molecule has 1 aromatic carbocycles. The van der Waals surface area contributed by atoms with Crippen molar-refractivity contribution in [3.05, 3.63) is 35.9 Å². The zero-order valence-electron chi connectivity index (χ0n) is 7.49. The Morgan fingerprint density at radius 2 is 2.00 bits per heavy atom. The SMILES string of the molecule is FC1C[N]CCC1c1ccccc1. The van der Waals surface area contributed by atoms with Gasteiger partial charge in [0, 0.05) is 19.0 Å². The standard InChI is InChI=1S/C11H13FN/c12-11-8-13-7-6-10(11)9-4-2-1-3-5-9/h1-5,10-11H,6-8H2. The molecule has 2 unspecified atom stereocenters. The van der Waals surface area contributed by atoms with E-state index in [0.29, 0.717) is 6.54 Å². The zero-order chi connectivity index (χ0) is 9.10. The van der Waals surface area contributed by atoms with E-state index in [1.807, 2.05) is 30.3 Å². The molecule has 2 rings (SSSR count). The van der Waals surface area contributed by atoms with Crippen LogP contribution in [0.25, 0.3) is 0 Å². The maximum absolute atomic E-state index is 13.4. The quantitative estimate of drug-likeness (QED) is 0.625. The molecule has 0 N–H and O–H groups in total. The second-order valence-electron chi connectivity index (χ2n) is 3.45. The van der Waals surface area contributed by atoms with Crippen molar-refractivity contribution in [3.8, 4) is 0 Å². The van der Waals surface area contributed by atoms with Gasteiger partial charge in [-0.05, 0) is 12.0 Å². The molecule has 1 aromatic rings. The highest BCUT2D eigenvalue weighted by molar-refractivity contribution is 5.21. The van der Waals surface area contributed by atoms with Gasteiger partial charge in [-0.2, -0.15) is 0 Å². The van der Waals surface area contributed by atoms with Gasteiger partial charge in [0.25, 0.3) is 0 Å². The summed E-state index contributed by atoms with van der Waals surface area (Å²) in [6.07, 6.45) is 0.0710. The number of piperidine rings is 1. The first kappa shape index (κ1) is 8.70. The minimum atomic E-state index is -0.781. The van der Waals surface area contributed by atoms with Crippen molar-refractivity contribution in [3.63, 3.8) is 0 Å². The van der Waals surface area contributed by atoms with Crippen molar-refractivity contribution in [2.24, 2.45) is 0 Å². The van der Waals surface area contributed by atoms with Crippen LogP contribution in [0.1, 0.15) is 17.9 Å². The van der Waals surface area contributed by atoms with Crippen LogP contribution in [0.3, 0.4) is 0 Å². The van der Waals surface area contributed by atoms with Crippen LogP contribution in [0.5, 0.6) is 0 Å². The van der Waals surface area contributed by atoms with Gasteiger partial charge in [0.2, 0.25) is 0 Å². The highest BCUT2D eigenvalue weighted by Crippen LogP contribution is 2.27. The molecule has 1 radical (unpaired) electrons. The van der Waals surface area contributed by atoms with Crippen LogP contribution in [-0.2, 0) is 0 Å². The van der Waals surface area contributed by atoms with E-state index in [-0.39, 0.29) is 5.92 Å². The Bertz CT molecular complexity index is 260. The van der Waals surface area contributed by atoms with Crippen molar-refractivity contribution in [1.29, 1.82) is 0 Å². The first-order chi connectivity index (χ1) is 6.38. The molecular weight excluding hydrogens is 165 g/mol. The number of rotatable bonds is 1. The number of hydrogen-bond donors (Lipinski definition) is 0. The van der Waals surface area contributed by atoms with Crippen LogP contribution in [0.4, 0.5) is 4.39 Å². The Balaban J connectivity index is 2.15. The Morgan fingerprint density at radius 3 is 2.69 bits per heavy atom. The van der Waals surface area contributed by atoms with E-state index in [1.54, 1.807) is 0 Å². The number of alkyl halides is 1. The molecule has 69 valence electrons. The summed E-state index contributed by atoms with van der Waals surface area (Å²) in [5.74, 6) is 0.0682. The molecule has 1 aliphatic heterocycles. The van der Waals surface area contributed by atoms with Crippen LogP contribution < -0.4 is 5.32 Å². The number of halogens is 1. The minimum Gasteiger partial charge on any atom is -0.245 e. The molecule has 1 nitrogen and oxygen atoms in total. The van der Waals surface area contributed by atoms with Crippen LogP contribution >= 0.6 is 0 Å². The fourth-order valence-electron chi connectivity index (χ4n) is 1.83. The lowest BCUT2D eigenvalue weighted by atomic mass is 9.89. The van der Waals surface area contributed by atoms with Gasteiger partial charge < -0.3 is 0 Å². The largest absolute Gasteiger partial charge is 0.245 e. The predicted octanol–water partition coefficient (Wildman–Crippen LogP) is 2.12. The summed E-state index contributed by atoms with van der Waals surface area (Å²) in [5, 5.41) is 4.06. The molecular formula is C11H13FN. The van der Waals surface area contributed by atoms with Gasteiger partial charge in [0.05, 0.1) is 0 Å². The van der Waals surface area contributed by atoms with Crippen molar-refractivity contribution in [2.75, 3.05) is 13.1 Å². The van der Waals surface area contributed by atoms with E-state index in [0.717, 1.165) is 18.5 Å². The summed E-state index contributed by atoms with van der Waals surface area (Å²) in [7, 11) is 0. The summed E-state index contributed by atoms with van der Waals surface area (Å²) in [4.78, 5) is 0. The van der Waals surface area contributed by atoms with Crippen molar-refractivity contribution in [2.45, 2.75) is 18.5 Å². The Labute approximate surface area is 78.0 Å². The Morgan fingerprint density at radius 1 is 1.23 bits per heavy atom. The maximum atomic E-state index is 13.4. The molecule has 1 fully saturated rings. The lowest BCUT2D eigenvalue weighted by Gasteiger charge is -2.25. The van der Waals surface area contributed by atoms with E-state index in [1.165, 1.54) is 0 Å². The molecule has 2 atom stereocenters. The van der Waals surface area contributed by atoms with Crippen LogP contribution in [-0.4, -0.2) is 19.3 Å². The summed E-state index contributed by atoms with van der Waals surface area (Å²) < 4.78 is 13.4. The minimum absolute atomic E-state index is 0.0682. The predicted molar refractivity (Wildman–Crippen MR) is 50.6 cm³/mol. The van der Waals surface area contributed by atoms with Gasteiger partial charge in [-0.1, -0.05) is 30.3 Å². The second-order valence-corrected chi connectivity index (χ2v) is 3.45.